The third-order valence-corrected chi connectivity index (χ3v) is 6.38. The highest BCUT2D eigenvalue weighted by Crippen LogP contribution is 2.26. The largest absolute Gasteiger partial charge is 0.391 e. The van der Waals surface area contributed by atoms with Gasteiger partial charge in [0.2, 0.25) is 0 Å². The zero-order valence-corrected chi connectivity index (χ0v) is 16.7. The minimum atomic E-state index is -0.317. The van der Waals surface area contributed by atoms with Crippen LogP contribution in [0.4, 0.5) is 4.39 Å². The molecule has 5 heteroatoms. The Morgan fingerprint density at radius 1 is 0.966 bits per heavy atom. The van der Waals surface area contributed by atoms with Gasteiger partial charge in [0.25, 0.3) is 0 Å². The van der Waals surface area contributed by atoms with Crippen LogP contribution in [0.15, 0.2) is 54.6 Å². The van der Waals surface area contributed by atoms with Crippen LogP contribution in [0.1, 0.15) is 35.2 Å². The number of likely N-dealkylation sites (tertiary alicyclic amines) is 2. The second-order valence-electron chi connectivity index (χ2n) is 8.33. The van der Waals surface area contributed by atoms with Crippen LogP contribution in [0, 0.1) is 11.7 Å². The summed E-state index contributed by atoms with van der Waals surface area (Å²) in [6.07, 6.45) is 2.05. The van der Waals surface area contributed by atoms with Crippen molar-refractivity contribution >= 4 is 5.78 Å². The molecule has 2 aliphatic rings. The van der Waals surface area contributed by atoms with E-state index in [0.717, 1.165) is 52.0 Å². The predicted octanol–water partition coefficient (Wildman–Crippen LogP) is 3.36. The first-order valence-corrected chi connectivity index (χ1v) is 10.6. The molecule has 0 aromatic heterocycles. The van der Waals surface area contributed by atoms with Crippen molar-refractivity contribution in [1.82, 2.24) is 9.80 Å². The van der Waals surface area contributed by atoms with E-state index < -0.39 is 0 Å². The maximum Gasteiger partial charge on any atom is 0.166 e. The molecule has 0 amide bonds. The third-order valence-electron chi connectivity index (χ3n) is 6.38. The lowest BCUT2D eigenvalue weighted by Crippen LogP contribution is -2.56. The number of halogens is 1. The van der Waals surface area contributed by atoms with Crippen LogP contribution < -0.4 is 0 Å². The quantitative estimate of drug-likeness (QED) is 0.787. The smallest absolute Gasteiger partial charge is 0.166 e. The third kappa shape index (κ3) is 4.92. The maximum atomic E-state index is 13.1. The first-order valence-electron chi connectivity index (χ1n) is 10.6. The van der Waals surface area contributed by atoms with Crippen LogP contribution in [0.3, 0.4) is 0 Å². The molecule has 0 aliphatic carbocycles. The van der Waals surface area contributed by atoms with Crippen LogP contribution >= 0.6 is 0 Å². The summed E-state index contributed by atoms with van der Waals surface area (Å²) in [5.41, 5.74) is 1.89. The van der Waals surface area contributed by atoms with Crippen LogP contribution in [0.5, 0.6) is 0 Å². The van der Waals surface area contributed by atoms with E-state index in [1.165, 1.54) is 17.7 Å². The van der Waals surface area contributed by atoms with Crippen molar-refractivity contribution < 1.29 is 14.3 Å². The lowest BCUT2D eigenvalue weighted by molar-refractivity contribution is -0.0243. The monoisotopic (exact) mass is 396 g/mol. The summed E-state index contributed by atoms with van der Waals surface area (Å²) in [4.78, 5) is 17.5. The Labute approximate surface area is 171 Å². The molecule has 2 aromatic carbocycles. The van der Waals surface area contributed by atoms with Gasteiger partial charge in [-0.25, -0.2) is 4.39 Å². The zero-order chi connectivity index (χ0) is 20.2. The van der Waals surface area contributed by atoms with Gasteiger partial charge in [-0.05, 0) is 62.2 Å². The van der Waals surface area contributed by atoms with Crippen molar-refractivity contribution in [2.75, 3.05) is 26.2 Å². The lowest BCUT2D eigenvalue weighted by atomic mass is 9.87. The van der Waals surface area contributed by atoms with Gasteiger partial charge in [-0.1, -0.05) is 30.3 Å². The Bertz CT molecular complexity index is 803. The molecule has 0 radical (unpaired) electrons. The molecule has 0 unspecified atom stereocenters. The standard InChI is InChI=1S/C24H29FN2O2/c25-21-8-6-19(7-9-21)24(29)20-10-14-27(15-11-20)22-17-26(13-12-23(22)28)16-18-4-2-1-3-5-18/h1-9,20,22-23,28H,10-17H2/t22-,23-/m0/s1. The van der Waals surface area contributed by atoms with Crippen molar-refractivity contribution in [3.63, 3.8) is 0 Å². The Hall–Kier alpha value is -2.08. The van der Waals surface area contributed by atoms with Crippen LogP contribution in [0.25, 0.3) is 0 Å². The first-order chi connectivity index (χ1) is 14.1. The summed E-state index contributed by atoms with van der Waals surface area (Å²) < 4.78 is 13.1. The fourth-order valence-corrected chi connectivity index (χ4v) is 4.67. The number of nitrogens with zero attached hydrogens (tertiary/aromatic N) is 2. The first kappa shape index (κ1) is 20.2. The average molecular weight is 397 g/mol. The Kier molecular flexibility index (Phi) is 6.38. The molecule has 2 saturated heterocycles. The van der Waals surface area contributed by atoms with Gasteiger partial charge in [0.05, 0.1) is 6.10 Å². The molecule has 0 saturated carbocycles. The Balaban J connectivity index is 1.33. The summed E-state index contributed by atoms with van der Waals surface area (Å²) in [5, 5.41) is 10.6. The van der Waals surface area contributed by atoms with Gasteiger partial charge in [-0.3, -0.25) is 14.6 Å². The number of carbonyl (C=O) groups is 1. The predicted molar refractivity (Wildman–Crippen MR) is 111 cm³/mol. The van der Waals surface area contributed by atoms with Crippen molar-refractivity contribution in [3.8, 4) is 0 Å². The van der Waals surface area contributed by atoms with E-state index in [4.69, 9.17) is 0 Å². The van der Waals surface area contributed by atoms with Gasteiger partial charge >= 0.3 is 0 Å². The number of benzene rings is 2. The van der Waals surface area contributed by atoms with Gasteiger partial charge in [-0.2, -0.15) is 0 Å². The number of rotatable bonds is 5. The van der Waals surface area contributed by atoms with E-state index in [2.05, 4.69) is 34.1 Å². The van der Waals surface area contributed by atoms with E-state index in [1.54, 1.807) is 12.1 Å². The summed E-state index contributed by atoms with van der Waals surface area (Å²) in [5.74, 6) is -0.222. The maximum absolute atomic E-state index is 13.1. The average Bonchev–Trinajstić information content (AvgIpc) is 2.76. The van der Waals surface area contributed by atoms with Gasteiger partial charge in [0.1, 0.15) is 5.82 Å². The number of Topliss-reactive ketones (excluding diaryl/α,β-unsaturated/α-hetero) is 1. The molecule has 154 valence electrons. The number of aliphatic hydroxyl groups excluding tert-OH is 1. The van der Waals surface area contributed by atoms with E-state index in [9.17, 15) is 14.3 Å². The molecule has 1 N–H and O–H groups in total. The fourth-order valence-electron chi connectivity index (χ4n) is 4.67. The molecule has 0 spiro atoms. The molecular weight excluding hydrogens is 367 g/mol. The van der Waals surface area contributed by atoms with Crippen molar-refractivity contribution in [2.24, 2.45) is 5.92 Å². The van der Waals surface area contributed by atoms with Crippen molar-refractivity contribution in [3.05, 3.63) is 71.5 Å². The molecule has 4 nitrogen and oxygen atoms in total. The Morgan fingerprint density at radius 2 is 1.66 bits per heavy atom. The highest BCUT2D eigenvalue weighted by atomic mass is 19.1. The molecule has 2 aliphatic heterocycles. The Morgan fingerprint density at radius 3 is 2.34 bits per heavy atom. The van der Waals surface area contributed by atoms with E-state index >= 15 is 0 Å². The molecule has 2 heterocycles. The number of aliphatic hydroxyl groups is 1. The highest BCUT2D eigenvalue weighted by Gasteiger charge is 2.35. The minimum absolute atomic E-state index is 0.0159. The fraction of sp³-hybridized carbons (Fsp3) is 0.458. The van der Waals surface area contributed by atoms with Crippen LogP contribution in [-0.2, 0) is 6.54 Å². The topological polar surface area (TPSA) is 43.8 Å². The molecule has 2 atom stereocenters. The number of piperidine rings is 2. The highest BCUT2D eigenvalue weighted by molar-refractivity contribution is 5.97. The molecule has 2 aromatic rings. The number of carbonyl (C=O) groups excluding carboxylic acids is 1. The summed E-state index contributed by atoms with van der Waals surface area (Å²) in [6, 6.07) is 16.4. The lowest BCUT2D eigenvalue weighted by Gasteiger charge is -2.44. The number of hydrogen-bond donors (Lipinski definition) is 1. The molecule has 29 heavy (non-hydrogen) atoms. The van der Waals surface area contributed by atoms with Gasteiger partial charge in [0, 0.05) is 37.2 Å². The van der Waals surface area contributed by atoms with Gasteiger partial charge < -0.3 is 5.11 Å². The van der Waals surface area contributed by atoms with Gasteiger partial charge in [0.15, 0.2) is 5.78 Å². The second-order valence-corrected chi connectivity index (χ2v) is 8.33. The van der Waals surface area contributed by atoms with Crippen molar-refractivity contribution in [2.45, 2.75) is 38.0 Å². The molecule has 4 rings (SSSR count). The van der Waals surface area contributed by atoms with Crippen LogP contribution in [-0.4, -0.2) is 59.0 Å². The summed E-state index contributed by atoms with van der Waals surface area (Å²) >= 11 is 0. The van der Waals surface area contributed by atoms with Crippen molar-refractivity contribution in [1.29, 1.82) is 0 Å². The van der Waals surface area contributed by atoms with Crippen LogP contribution in [0.2, 0.25) is 0 Å². The second kappa shape index (κ2) is 9.16. The molecule has 2 fully saturated rings. The zero-order valence-electron chi connectivity index (χ0n) is 16.7. The van der Waals surface area contributed by atoms with E-state index in [-0.39, 0.29) is 29.7 Å². The van der Waals surface area contributed by atoms with E-state index in [0.29, 0.717) is 5.56 Å². The van der Waals surface area contributed by atoms with E-state index in [1.807, 2.05) is 6.07 Å². The summed E-state index contributed by atoms with van der Waals surface area (Å²) in [7, 11) is 0. The SMILES string of the molecule is O=C(c1ccc(F)cc1)C1CCN([C@H]2CN(Cc3ccccc3)CC[C@@H]2O)CC1. The summed E-state index contributed by atoms with van der Waals surface area (Å²) in [6.45, 7) is 4.30. The molecular formula is C24H29FN2O2. The normalized spacial score (nSPS) is 24.5. The molecule has 0 bridgehead atoms. The number of hydrogen-bond acceptors (Lipinski definition) is 4. The number of ketones is 1. The minimum Gasteiger partial charge on any atom is -0.391 e. The van der Waals surface area contributed by atoms with Gasteiger partial charge in [-0.15, -0.1) is 0 Å².